The van der Waals surface area contributed by atoms with E-state index >= 15 is 0 Å². The molecule has 0 bridgehead atoms. The van der Waals surface area contributed by atoms with Gasteiger partial charge in [-0.2, -0.15) is 0 Å². The van der Waals surface area contributed by atoms with E-state index in [4.69, 9.17) is 21.1 Å². The van der Waals surface area contributed by atoms with E-state index in [0.717, 1.165) is 0 Å². The van der Waals surface area contributed by atoms with Gasteiger partial charge in [0.15, 0.2) is 18.1 Å². The van der Waals surface area contributed by atoms with Gasteiger partial charge in [-0.3, -0.25) is 24.6 Å². The number of rotatable bonds is 6. The van der Waals surface area contributed by atoms with Gasteiger partial charge in [-0.15, -0.1) is 5.10 Å². The van der Waals surface area contributed by atoms with Crippen LogP contribution in [0.3, 0.4) is 0 Å². The molecule has 32 heavy (non-hydrogen) atoms. The van der Waals surface area contributed by atoms with Crippen LogP contribution in [-0.4, -0.2) is 45.3 Å². The molecule has 1 aliphatic rings. The molecule has 3 aromatic rings. The number of nitrogens with zero attached hydrogens (tertiary/aromatic N) is 5. The molecule has 1 aliphatic heterocycles. The minimum absolute atomic E-state index is 0.0195. The monoisotopic (exact) mass is 457 g/mol. The lowest BCUT2D eigenvalue weighted by Gasteiger charge is -2.31. The molecule has 0 spiro atoms. The Morgan fingerprint density at radius 1 is 1.34 bits per heavy atom. The predicted octanol–water partition coefficient (Wildman–Crippen LogP) is 2.97. The number of anilines is 1. The van der Waals surface area contributed by atoms with Crippen LogP contribution in [0.4, 0.5) is 11.4 Å². The number of ketones is 1. The van der Waals surface area contributed by atoms with E-state index in [9.17, 15) is 19.7 Å². The third kappa shape index (κ3) is 3.73. The van der Waals surface area contributed by atoms with Gasteiger partial charge in [0.2, 0.25) is 0 Å². The minimum atomic E-state index is -0.571. The summed E-state index contributed by atoms with van der Waals surface area (Å²) in [6, 6.07) is 7.33. The molecule has 11 nitrogen and oxygen atoms in total. The number of aromatic nitrogens is 3. The quantitative estimate of drug-likeness (QED) is 0.313. The van der Waals surface area contributed by atoms with Gasteiger partial charge in [0, 0.05) is 11.1 Å². The van der Waals surface area contributed by atoms with Crippen molar-refractivity contribution in [2.75, 3.05) is 18.6 Å². The minimum Gasteiger partial charge on any atom is -0.494 e. The van der Waals surface area contributed by atoms with Gasteiger partial charge in [0.1, 0.15) is 22.8 Å². The van der Waals surface area contributed by atoms with Crippen molar-refractivity contribution in [2.24, 2.45) is 0 Å². The topological polar surface area (TPSA) is 130 Å². The third-order valence-electron chi connectivity index (χ3n) is 4.85. The number of benzene rings is 2. The zero-order chi connectivity index (χ0) is 23.0. The smallest absolute Gasteiger partial charge is 0.296 e. The second kappa shape index (κ2) is 8.27. The van der Waals surface area contributed by atoms with Crippen molar-refractivity contribution in [1.29, 1.82) is 0 Å². The lowest BCUT2D eigenvalue weighted by atomic mass is 10.1. The number of nitro groups is 1. The molecule has 0 saturated carbocycles. The highest BCUT2D eigenvalue weighted by Gasteiger charge is 2.32. The highest BCUT2D eigenvalue weighted by atomic mass is 35.5. The molecular formula is C20H16ClN5O6. The Kier molecular flexibility index (Phi) is 5.49. The Balaban J connectivity index is 1.73. The largest absolute Gasteiger partial charge is 0.494 e. The Labute approximate surface area is 186 Å². The maximum atomic E-state index is 12.7. The molecule has 0 fully saturated rings. The van der Waals surface area contributed by atoms with E-state index in [2.05, 4.69) is 10.3 Å². The molecular weight excluding hydrogens is 442 g/mol. The molecule has 2 aromatic carbocycles. The molecule has 0 atom stereocenters. The summed E-state index contributed by atoms with van der Waals surface area (Å²) in [7, 11) is 1.44. The van der Waals surface area contributed by atoms with E-state index in [0.29, 0.717) is 22.7 Å². The predicted molar refractivity (Wildman–Crippen MR) is 113 cm³/mol. The summed E-state index contributed by atoms with van der Waals surface area (Å²) in [6.45, 7) is 1.11. The van der Waals surface area contributed by atoms with Crippen LogP contribution in [0.1, 0.15) is 23.0 Å². The van der Waals surface area contributed by atoms with E-state index < -0.39 is 4.92 Å². The summed E-state index contributed by atoms with van der Waals surface area (Å²) in [5, 5.41) is 19.6. The summed E-state index contributed by atoms with van der Waals surface area (Å²) in [6.07, 6.45) is 1.47. The summed E-state index contributed by atoms with van der Waals surface area (Å²) in [5.41, 5.74) is 0.908. The summed E-state index contributed by atoms with van der Waals surface area (Å²) in [4.78, 5) is 36.9. The fourth-order valence-electron chi connectivity index (χ4n) is 3.39. The second-order valence-electron chi connectivity index (χ2n) is 6.86. The fraction of sp³-hybridized carbons (Fsp3) is 0.200. The van der Waals surface area contributed by atoms with Crippen molar-refractivity contribution >= 4 is 34.7 Å². The van der Waals surface area contributed by atoms with Crippen molar-refractivity contribution < 1.29 is 24.0 Å². The SMILES string of the molecule is COc1ccc(C(C)=O)c2c1N(Cc1cn(-c3ccc(Cl)cc3[N+](=O)[O-])nn1)C(=O)CO2. The van der Waals surface area contributed by atoms with Gasteiger partial charge in [-0.1, -0.05) is 16.8 Å². The Morgan fingerprint density at radius 2 is 2.12 bits per heavy atom. The van der Waals surface area contributed by atoms with Crippen LogP contribution in [0.15, 0.2) is 36.5 Å². The van der Waals surface area contributed by atoms with Gasteiger partial charge in [-0.25, -0.2) is 4.68 Å². The summed E-state index contributed by atoms with van der Waals surface area (Å²) < 4.78 is 12.2. The molecule has 2 heterocycles. The number of hydrogen-bond acceptors (Lipinski definition) is 8. The fourth-order valence-corrected chi connectivity index (χ4v) is 3.55. The van der Waals surface area contributed by atoms with Crippen LogP contribution in [0.5, 0.6) is 11.5 Å². The molecule has 0 N–H and O–H groups in total. The van der Waals surface area contributed by atoms with Gasteiger partial charge in [0.25, 0.3) is 11.6 Å². The Morgan fingerprint density at radius 3 is 2.81 bits per heavy atom. The van der Waals surface area contributed by atoms with Crippen LogP contribution < -0.4 is 14.4 Å². The van der Waals surface area contributed by atoms with Gasteiger partial charge < -0.3 is 9.47 Å². The number of nitro benzene ring substituents is 1. The molecule has 0 aliphatic carbocycles. The highest BCUT2D eigenvalue weighted by Crippen LogP contribution is 2.43. The number of methoxy groups -OCH3 is 1. The maximum Gasteiger partial charge on any atom is 0.296 e. The van der Waals surface area contributed by atoms with Crippen LogP contribution >= 0.6 is 11.6 Å². The number of carbonyl (C=O) groups excluding carboxylic acids is 2. The first-order chi connectivity index (χ1) is 15.3. The molecule has 0 unspecified atom stereocenters. The molecule has 12 heteroatoms. The van der Waals surface area contributed by atoms with Crippen molar-refractivity contribution in [3.8, 4) is 17.2 Å². The molecule has 0 saturated heterocycles. The maximum absolute atomic E-state index is 12.7. The number of halogens is 1. The molecule has 4 rings (SSSR count). The van der Waals surface area contributed by atoms with E-state index in [-0.39, 0.29) is 47.0 Å². The van der Waals surface area contributed by atoms with Crippen LogP contribution in [-0.2, 0) is 11.3 Å². The third-order valence-corrected chi connectivity index (χ3v) is 5.08. The lowest BCUT2D eigenvalue weighted by Crippen LogP contribution is -2.39. The van der Waals surface area contributed by atoms with Crippen LogP contribution in [0, 0.1) is 10.1 Å². The first-order valence-corrected chi connectivity index (χ1v) is 9.68. The lowest BCUT2D eigenvalue weighted by molar-refractivity contribution is -0.384. The normalized spacial score (nSPS) is 12.8. The van der Waals surface area contributed by atoms with Gasteiger partial charge in [-0.05, 0) is 31.2 Å². The van der Waals surface area contributed by atoms with Crippen LogP contribution in [0.2, 0.25) is 5.02 Å². The van der Waals surface area contributed by atoms with Crippen molar-refractivity contribution in [3.63, 3.8) is 0 Å². The number of carbonyl (C=O) groups is 2. The van der Waals surface area contributed by atoms with Crippen LogP contribution in [0.25, 0.3) is 5.69 Å². The van der Waals surface area contributed by atoms with E-state index in [1.165, 1.54) is 48.0 Å². The zero-order valence-electron chi connectivity index (χ0n) is 16.9. The number of hydrogen-bond donors (Lipinski definition) is 0. The Hall–Kier alpha value is -3.99. The van der Waals surface area contributed by atoms with Gasteiger partial charge >= 0.3 is 0 Å². The highest BCUT2D eigenvalue weighted by molar-refractivity contribution is 6.30. The standard InChI is InChI=1S/C20H16ClN5O6/c1-11(27)14-4-6-17(31-2)19-20(14)32-10-18(28)24(19)8-13-9-25(23-22-13)15-5-3-12(21)7-16(15)26(29)30/h3-7,9H,8,10H2,1-2H3. The summed E-state index contributed by atoms with van der Waals surface area (Å²) >= 11 is 5.87. The van der Waals surface area contributed by atoms with Crippen molar-refractivity contribution in [2.45, 2.75) is 13.5 Å². The van der Waals surface area contributed by atoms with Crippen molar-refractivity contribution in [1.82, 2.24) is 15.0 Å². The summed E-state index contributed by atoms with van der Waals surface area (Å²) in [5.74, 6) is -0.00122. The number of amides is 1. The van der Waals surface area contributed by atoms with Crippen molar-refractivity contribution in [3.05, 3.63) is 62.9 Å². The Bertz CT molecular complexity index is 1260. The molecule has 1 aromatic heterocycles. The zero-order valence-corrected chi connectivity index (χ0v) is 17.7. The second-order valence-corrected chi connectivity index (χ2v) is 7.30. The van der Waals surface area contributed by atoms with E-state index in [1.807, 2.05) is 0 Å². The van der Waals surface area contributed by atoms with Gasteiger partial charge in [0.05, 0.1) is 30.3 Å². The number of Topliss-reactive ketones (excluding diaryl/α,β-unsaturated/α-hetero) is 1. The average Bonchev–Trinajstić information content (AvgIpc) is 3.23. The van der Waals surface area contributed by atoms with E-state index in [1.54, 1.807) is 12.1 Å². The first-order valence-electron chi connectivity index (χ1n) is 9.30. The first kappa shape index (κ1) is 21.2. The molecule has 164 valence electrons. The molecule has 0 radical (unpaired) electrons. The number of fused-ring (bicyclic) bond motifs is 1. The number of ether oxygens (including phenoxy) is 2. The average molecular weight is 458 g/mol. The molecule has 1 amide bonds.